The number of carbonyl (C=O) groups is 1. The van der Waals surface area contributed by atoms with E-state index >= 15 is 0 Å². The fourth-order valence-electron chi connectivity index (χ4n) is 3.15. The highest BCUT2D eigenvalue weighted by Crippen LogP contribution is 2.21. The lowest BCUT2D eigenvalue weighted by molar-refractivity contribution is 0.102. The summed E-state index contributed by atoms with van der Waals surface area (Å²) in [6, 6.07) is 12.3. The molecule has 0 bridgehead atoms. The van der Waals surface area contributed by atoms with Crippen LogP contribution in [0.4, 0.5) is 11.4 Å². The van der Waals surface area contributed by atoms with E-state index in [-0.39, 0.29) is 10.8 Å². The zero-order valence-corrected chi connectivity index (χ0v) is 17.2. The Labute approximate surface area is 166 Å². The molecule has 0 unspecified atom stereocenters. The van der Waals surface area contributed by atoms with E-state index in [1.54, 1.807) is 13.0 Å². The van der Waals surface area contributed by atoms with Gasteiger partial charge in [0.25, 0.3) is 5.91 Å². The fourth-order valence-corrected chi connectivity index (χ4v) is 3.91. The quantitative estimate of drug-likeness (QED) is 0.798. The van der Waals surface area contributed by atoms with Crippen LogP contribution in [0.25, 0.3) is 0 Å². The molecule has 150 valence electrons. The van der Waals surface area contributed by atoms with Gasteiger partial charge in [-0.25, -0.2) is 13.1 Å². The van der Waals surface area contributed by atoms with Gasteiger partial charge in [-0.2, -0.15) is 0 Å². The monoisotopic (exact) mass is 402 g/mol. The number of likely N-dealkylation sites (N-methyl/N-ethyl adjacent to an activating group) is 1. The third kappa shape index (κ3) is 4.52. The topological polar surface area (TPSA) is 81.7 Å². The summed E-state index contributed by atoms with van der Waals surface area (Å²) in [6.07, 6.45) is 0. The number of carbonyl (C=O) groups excluding carboxylic acids is 1. The molecule has 0 aromatic heterocycles. The van der Waals surface area contributed by atoms with Crippen molar-refractivity contribution in [2.24, 2.45) is 0 Å². The minimum absolute atomic E-state index is 0.0659. The number of sulfonamides is 1. The van der Waals surface area contributed by atoms with Crippen LogP contribution in [-0.2, 0) is 10.0 Å². The second-order valence-electron chi connectivity index (χ2n) is 6.98. The Bertz CT molecular complexity index is 950. The van der Waals surface area contributed by atoms with Crippen LogP contribution < -0.4 is 14.9 Å². The summed E-state index contributed by atoms with van der Waals surface area (Å²) in [6.45, 7) is 5.80. The van der Waals surface area contributed by atoms with Gasteiger partial charge in [0.15, 0.2) is 0 Å². The lowest BCUT2D eigenvalue weighted by Crippen LogP contribution is -2.44. The maximum Gasteiger partial charge on any atom is 0.255 e. The normalized spacial score (nSPS) is 15.5. The average molecular weight is 403 g/mol. The number of nitrogens with zero attached hydrogens (tertiary/aromatic N) is 2. The van der Waals surface area contributed by atoms with Crippen molar-refractivity contribution in [3.63, 3.8) is 0 Å². The maximum absolute atomic E-state index is 12.7. The van der Waals surface area contributed by atoms with Crippen molar-refractivity contribution in [1.82, 2.24) is 9.62 Å². The minimum atomic E-state index is -3.60. The molecule has 7 nitrogen and oxygen atoms in total. The lowest BCUT2D eigenvalue weighted by atomic mass is 10.1. The predicted octanol–water partition coefficient (Wildman–Crippen LogP) is 1.91. The molecular weight excluding hydrogens is 376 g/mol. The first kappa shape index (κ1) is 20.3. The summed E-state index contributed by atoms with van der Waals surface area (Å²) >= 11 is 0. The zero-order chi connectivity index (χ0) is 20.3. The Morgan fingerprint density at radius 1 is 1.00 bits per heavy atom. The molecular formula is C20H26N4O3S. The van der Waals surface area contributed by atoms with Crippen molar-refractivity contribution in [2.75, 3.05) is 50.5 Å². The molecule has 1 heterocycles. The van der Waals surface area contributed by atoms with Crippen LogP contribution in [0.3, 0.4) is 0 Å². The molecule has 2 aromatic carbocycles. The number of hydrogen-bond acceptors (Lipinski definition) is 5. The Kier molecular flexibility index (Phi) is 6.02. The van der Waals surface area contributed by atoms with E-state index in [9.17, 15) is 13.2 Å². The van der Waals surface area contributed by atoms with Crippen LogP contribution in [0, 0.1) is 6.92 Å². The molecule has 2 aromatic rings. The van der Waals surface area contributed by atoms with Crippen molar-refractivity contribution < 1.29 is 13.2 Å². The highest BCUT2D eigenvalue weighted by atomic mass is 32.2. The maximum atomic E-state index is 12.7. The third-order valence-electron chi connectivity index (χ3n) is 5.03. The van der Waals surface area contributed by atoms with Gasteiger partial charge in [-0.05, 0) is 63.0 Å². The Morgan fingerprint density at radius 3 is 2.25 bits per heavy atom. The molecule has 0 radical (unpaired) electrons. The first-order valence-electron chi connectivity index (χ1n) is 9.19. The van der Waals surface area contributed by atoms with Crippen molar-refractivity contribution in [3.05, 3.63) is 53.6 Å². The van der Waals surface area contributed by atoms with Gasteiger partial charge in [-0.3, -0.25) is 4.79 Å². The first-order chi connectivity index (χ1) is 13.3. The van der Waals surface area contributed by atoms with E-state index in [1.165, 1.54) is 19.2 Å². The summed E-state index contributed by atoms with van der Waals surface area (Å²) < 4.78 is 26.3. The SMILES string of the molecule is CNS(=O)(=O)c1ccc(C)c(C(=O)Nc2ccc(N3CCN(C)CC3)cc2)c1. The Morgan fingerprint density at radius 2 is 1.64 bits per heavy atom. The van der Waals surface area contributed by atoms with Crippen LogP contribution in [0.5, 0.6) is 0 Å². The number of amides is 1. The van der Waals surface area contributed by atoms with Gasteiger partial charge >= 0.3 is 0 Å². The summed E-state index contributed by atoms with van der Waals surface area (Å²) in [4.78, 5) is 17.4. The van der Waals surface area contributed by atoms with Crippen molar-refractivity contribution in [3.8, 4) is 0 Å². The summed E-state index contributed by atoms with van der Waals surface area (Å²) in [5, 5.41) is 2.85. The number of hydrogen-bond donors (Lipinski definition) is 2. The smallest absolute Gasteiger partial charge is 0.255 e. The van der Waals surface area contributed by atoms with E-state index < -0.39 is 10.0 Å². The number of nitrogens with one attached hydrogen (secondary N) is 2. The first-order valence-corrected chi connectivity index (χ1v) is 10.7. The number of anilines is 2. The molecule has 0 saturated carbocycles. The molecule has 1 amide bonds. The Balaban J connectivity index is 1.74. The third-order valence-corrected chi connectivity index (χ3v) is 6.44. The van der Waals surface area contributed by atoms with E-state index in [0.29, 0.717) is 16.8 Å². The number of rotatable bonds is 5. The van der Waals surface area contributed by atoms with Gasteiger partial charge in [0.2, 0.25) is 10.0 Å². The molecule has 2 N–H and O–H groups in total. The van der Waals surface area contributed by atoms with Crippen molar-refractivity contribution in [2.45, 2.75) is 11.8 Å². The standard InChI is InChI=1S/C20H26N4O3S/c1-15-4-9-18(28(26,27)21-2)14-19(15)20(25)22-16-5-7-17(8-6-16)24-12-10-23(3)11-13-24/h4-9,14,21H,10-13H2,1-3H3,(H,22,25). The second kappa shape index (κ2) is 8.30. The van der Waals surface area contributed by atoms with Crippen molar-refractivity contribution in [1.29, 1.82) is 0 Å². The Hall–Kier alpha value is -2.42. The minimum Gasteiger partial charge on any atom is -0.369 e. The molecule has 0 aliphatic carbocycles. The molecule has 1 aliphatic heterocycles. The van der Waals surface area contributed by atoms with Crippen LogP contribution in [0.2, 0.25) is 0 Å². The second-order valence-corrected chi connectivity index (χ2v) is 8.86. The molecule has 8 heteroatoms. The molecule has 3 rings (SSSR count). The van der Waals surface area contributed by atoms with Gasteiger partial charge in [0.05, 0.1) is 4.90 Å². The van der Waals surface area contributed by atoms with E-state index in [1.807, 2.05) is 24.3 Å². The molecule has 1 saturated heterocycles. The van der Waals surface area contributed by atoms with Gasteiger partial charge in [0, 0.05) is 43.1 Å². The predicted molar refractivity (Wildman–Crippen MR) is 112 cm³/mol. The van der Waals surface area contributed by atoms with E-state index in [4.69, 9.17) is 0 Å². The lowest BCUT2D eigenvalue weighted by Gasteiger charge is -2.34. The molecule has 0 spiro atoms. The van der Waals surface area contributed by atoms with E-state index in [2.05, 4.69) is 26.9 Å². The molecule has 1 aliphatic rings. The van der Waals surface area contributed by atoms with Gasteiger partial charge < -0.3 is 15.1 Å². The molecule has 0 atom stereocenters. The number of aryl methyl sites for hydroxylation is 1. The number of piperazine rings is 1. The highest BCUT2D eigenvalue weighted by molar-refractivity contribution is 7.89. The van der Waals surface area contributed by atoms with Crippen LogP contribution in [0.1, 0.15) is 15.9 Å². The molecule has 28 heavy (non-hydrogen) atoms. The van der Waals surface area contributed by atoms with Crippen LogP contribution in [0.15, 0.2) is 47.4 Å². The van der Waals surface area contributed by atoms with Crippen LogP contribution >= 0.6 is 0 Å². The summed E-state index contributed by atoms with van der Waals surface area (Å²) in [7, 11) is -0.141. The van der Waals surface area contributed by atoms with Crippen LogP contribution in [-0.4, -0.2) is 59.5 Å². The van der Waals surface area contributed by atoms with Crippen molar-refractivity contribution >= 4 is 27.3 Å². The summed E-state index contributed by atoms with van der Waals surface area (Å²) in [5.74, 6) is -0.335. The highest BCUT2D eigenvalue weighted by Gasteiger charge is 2.17. The summed E-state index contributed by atoms with van der Waals surface area (Å²) in [5.41, 5.74) is 2.84. The van der Waals surface area contributed by atoms with Gasteiger partial charge in [0.1, 0.15) is 0 Å². The van der Waals surface area contributed by atoms with Gasteiger partial charge in [-0.15, -0.1) is 0 Å². The zero-order valence-electron chi connectivity index (χ0n) is 16.4. The van der Waals surface area contributed by atoms with Gasteiger partial charge in [-0.1, -0.05) is 6.07 Å². The number of benzene rings is 2. The molecule has 1 fully saturated rings. The average Bonchev–Trinajstić information content (AvgIpc) is 2.69. The fraction of sp³-hybridized carbons (Fsp3) is 0.350. The largest absolute Gasteiger partial charge is 0.369 e. The van der Waals surface area contributed by atoms with E-state index in [0.717, 1.165) is 31.9 Å².